The van der Waals surface area contributed by atoms with Crippen molar-refractivity contribution in [3.8, 4) is 11.5 Å². The van der Waals surface area contributed by atoms with Crippen molar-refractivity contribution in [2.45, 2.75) is 23.8 Å². The molecular formula is C19H16F2N4O4S. The summed E-state index contributed by atoms with van der Waals surface area (Å²) in [5.74, 6) is -1.67. The van der Waals surface area contributed by atoms with Gasteiger partial charge in [0.05, 0.1) is 4.90 Å². The van der Waals surface area contributed by atoms with Crippen LogP contribution in [0.2, 0.25) is 0 Å². The van der Waals surface area contributed by atoms with Crippen LogP contribution in [0.1, 0.15) is 12.8 Å². The average molecular weight is 434 g/mol. The van der Waals surface area contributed by atoms with Gasteiger partial charge >= 0.3 is 6.01 Å². The Bertz CT molecular complexity index is 1180. The number of carbonyl (C=O) groups excluding carboxylic acids is 1. The number of aromatic nitrogens is 2. The van der Waals surface area contributed by atoms with E-state index < -0.39 is 33.6 Å². The maximum atomic E-state index is 13.3. The summed E-state index contributed by atoms with van der Waals surface area (Å²) in [7, 11) is -3.99. The van der Waals surface area contributed by atoms with Crippen LogP contribution in [0.5, 0.6) is 0 Å². The molecule has 2 heterocycles. The Kier molecular flexibility index (Phi) is 5.31. The van der Waals surface area contributed by atoms with Crippen molar-refractivity contribution in [3.63, 3.8) is 0 Å². The Morgan fingerprint density at radius 1 is 1.10 bits per heavy atom. The molecule has 1 saturated heterocycles. The second-order valence-corrected chi connectivity index (χ2v) is 8.53. The molecular weight excluding hydrogens is 418 g/mol. The number of sulfonamides is 1. The fraction of sp³-hybridized carbons (Fsp3) is 0.211. The number of benzene rings is 2. The number of nitrogens with one attached hydrogen (secondary N) is 1. The molecule has 0 radical (unpaired) electrons. The van der Waals surface area contributed by atoms with E-state index in [-0.39, 0.29) is 23.3 Å². The van der Waals surface area contributed by atoms with Gasteiger partial charge in [0.1, 0.15) is 17.7 Å². The first-order chi connectivity index (χ1) is 14.3. The highest BCUT2D eigenvalue weighted by atomic mass is 32.2. The Labute approximate surface area is 170 Å². The fourth-order valence-electron chi connectivity index (χ4n) is 3.23. The van der Waals surface area contributed by atoms with Crippen LogP contribution in [0.25, 0.3) is 11.5 Å². The molecule has 4 rings (SSSR count). The molecule has 1 unspecified atom stereocenters. The van der Waals surface area contributed by atoms with Crippen molar-refractivity contribution >= 4 is 21.9 Å². The van der Waals surface area contributed by atoms with Crippen molar-refractivity contribution in [1.82, 2.24) is 14.5 Å². The van der Waals surface area contributed by atoms with Gasteiger partial charge in [0.25, 0.3) is 0 Å². The van der Waals surface area contributed by atoms with Crippen LogP contribution in [0, 0.1) is 11.6 Å². The summed E-state index contributed by atoms with van der Waals surface area (Å²) in [6, 6.07) is 8.69. The van der Waals surface area contributed by atoms with Gasteiger partial charge in [0.2, 0.25) is 21.8 Å². The van der Waals surface area contributed by atoms with Crippen molar-refractivity contribution < 1.29 is 26.4 Å². The minimum Gasteiger partial charge on any atom is -0.403 e. The van der Waals surface area contributed by atoms with Gasteiger partial charge in [-0.3, -0.25) is 10.1 Å². The zero-order valence-electron chi connectivity index (χ0n) is 15.5. The minimum atomic E-state index is -3.99. The predicted octanol–water partition coefficient (Wildman–Crippen LogP) is 2.81. The van der Waals surface area contributed by atoms with Gasteiger partial charge in [0, 0.05) is 12.1 Å². The third-order valence-corrected chi connectivity index (χ3v) is 6.58. The van der Waals surface area contributed by atoms with E-state index in [4.69, 9.17) is 4.42 Å². The van der Waals surface area contributed by atoms with Crippen LogP contribution in [-0.2, 0) is 14.8 Å². The molecule has 1 aromatic heterocycles. The standard InChI is InChI=1S/C19H16F2N4O4S/c20-13-6-8-15(9-7-13)30(27,28)25-10-2-5-16(25)17(26)22-19-24-23-18(29-19)12-3-1-4-14(21)11-12/h1,3-4,6-9,11,16H,2,5,10H2,(H,22,24,26). The van der Waals surface area contributed by atoms with Crippen molar-refractivity contribution in [3.05, 3.63) is 60.2 Å². The number of anilines is 1. The largest absolute Gasteiger partial charge is 0.403 e. The SMILES string of the molecule is O=C(Nc1nnc(-c2cccc(F)c2)o1)C1CCCN1S(=O)(=O)c1ccc(F)cc1. The molecule has 0 spiro atoms. The summed E-state index contributed by atoms with van der Waals surface area (Å²) in [5.41, 5.74) is 0.337. The zero-order chi connectivity index (χ0) is 21.3. The summed E-state index contributed by atoms with van der Waals surface area (Å²) in [6.45, 7) is 0.149. The molecule has 11 heteroatoms. The van der Waals surface area contributed by atoms with E-state index in [1.54, 1.807) is 6.07 Å². The van der Waals surface area contributed by atoms with Crippen LogP contribution < -0.4 is 5.32 Å². The van der Waals surface area contributed by atoms with E-state index in [9.17, 15) is 22.0 Å². The minimum absolute atomic E-state index is 0.00649. The zero-order valence-corrected chi connectivity index (χ0v) is 16.3. The van der Waals surface area contributed by atoms with Gasteiger partial charge in [-0.15, -0.1) is 5.10 Å². The normalized spacial score (nSPS) is 17.2. The Hall–Kier alpha value is -3.18. The molecule has 2 aromatic carbocycles. The monoisotopic (exact) mass is 434 g/mol. The van der Waals surface area contributed by atoms with E-state index in [0.717, 1.165) is 28.6 Å². The first kappa shape index (κ1) is 20.1. The smallest absolute Gasteiger partial charge is 0.322 e. The molecule has 1 fully saturated rings. The van der Waals surface area contributed by atoms with Crippen LogP contribution in [0.3, 0.4) is 0 Å². The van der Waals surface area contributed by atoms with Crippen molar-refractivity contribution in [1.29, 1.82) is 0 Å². The lowest BCUT2D eigenvalue weighted by atomic mass is 10.2. The van der Waals surface area contributed by atoms with Crippen molar-refractivity contribution in [2.75, 3.05) is 11.9 Å². The summed E-state index contributed by atoms with van der Waals surface area (Å²) < 4.78 is 58.6. The molecule has 156 valence electrons. The van der Waals surface area contributed by atoms with Gasteiger partial charge in [-0.2, -0.15) is 4.31 Å². The highest BCUT2D eigenvalue weighted by Crippen LogP contribution is 2.27. The number of rotatable bonds is 5. The van der Waals surface area contributed by atoms with Gasteiger partial charge in [-0.05, 0) is 55.3 Å². The maximum absolute atomic E-state index is 13.3. The second-order valence-electron chi connectivity index (χ2n) is 6.64. The summed E-state index contributed by atoms with van der Waals surface area (Å²) >= 11 is 0. The lowest BCUT2D eigenvalue weighted by Crippen LogP contribution is -2.43. The number of hydrogen-bond acceptors (Lipinski definition) is 6. The molecule has 0 aliphatic carbocycles. The Morgan fingerprint density at radius 3 is 2.60 bits per heavy atom. The van der Waals surface area contributed by atoms with Crippen LogP contribution >= 0.6 is 0 Å². The molecule has 30 heavy (non-hydrogen) atoms. The first-order valence-electron chi connectivity index (χ1n) is 9.02. The predicted molar refractivity (Wildman–Crippen MR) is 102 cm³/mol. The van der Waals surface area contributed by atoms with Crippen LogP contribution in [0.4, 0.5) is 14.8 Å². The van der Waals surface area contributed by atoms with E-state index >= 15 is 0 Å². The Morgan fingerprint density at radius 2 is 1.87 bits per heavy atom. The van der Waals surface area contributed by atoms with Gasteiger partial charge < -0.3 is 4.42 Å². The molecule has 1 atom stereocenters. The second kappa shape index (κ2) is 7.92. The highest BCUT2D eigenvalue weighted by molar-refractivity contribution is 7.89. The number of amides is 1. The lowest BCUT2D eigenvalue weighted by Gasteiger charge is -2.22. The van der Waals surface area contributed by atoms with Crippen LogP contribution in [-0.4, -0.2) is 41.4 Å². The third kappa shape index (κ3) is 3.94. The van der Waals surface area contributed by atoms with E-state index in [0.29, 0.717) is 18.4 Å². The van der Waals surface area contributed by atoms with Crippen LogP contribution in [0.15, 0.2) is 57.8 Å². The molecule has 1 aliphatic rings. The van der Waals surface area contributed by atoms with Gasteiger partial charge in [-0.25, -0.2) is 17.2 Å². The average Bonchev–Trinajstić information content (AvgIpc) is 3.38. The summed E-state index contributed by atoms with van der Waals surface area (Å²) in [4.78, 5) is 12.6. The topological polar surface area (TPSA) is 105 Å². The number of nitrogens with zero attached hydrogens (tertiary/aromatic N) is 3. The first-order valence-corrected chi connectivity index (χ1v) is 10.5. The molecule has 0 bridgehead atoms. The molecule has 1 amide bonds. The highest BCUT2D eigenvalue weighted by Gasteiger charge is 2.39. The Balaban J connectivity index is 1.51. The molecule has 8 nitrogen and oxygen atoms in total. The van der Waals surface area contributed by atoms with E-state index in [2.05, 4.69) is 15.5 Å². The summed E-state index contributed by atoms with van der Waals surface area (Å²) in [5, 5.41) is 9.89. The number of carbonyl (C=O) groups is 1. The van der Waals surface area contributed by atoms with E-state index in [1.165, 1.54) is 18.2 Å². The lowest BCUT2D eigenvalue weighted by molar-refractivity contribution is -0.119. The number of hydrogen-bond donors (Lipinski definition) is 1. The molecule has 1 aliphatic heterocycles. The quantitative estimate of drug-likeness (QED) is 0.662. The number of halogens is 2. The van der Waals surface area contributed by atoms with Crippen molar-refractivity contribution in [2.24, 2.45) is 0 Å². The van der Waals surface area contributed by atoms with Gasteiger partial charge in [-0.1, -0.05) is 11.2 Å². The third-order valence-electron chi connectivity index (χ3n) is 4.65. The molecule has 0 saturated carbocycles. The molecule has 3 aromatic rings. The summed E-state index contributed by atoms with van der Waals surface area (Å²) in [6.07, 6.45) is 0.786. The van der Waals surface area contributed by atoms with Gasteiger partial charge in [0.15, 0.2) is 0 Å². The maximum Gasteiger partial charge on any atom is 0.322 e. The molecule has 1 N–H and O–H groups in total. The fourth-order valence-corrected chi connectivity index (χ4v) is 4.89. The van der Waals surface area contributed by atoms with E-state index in [1.807, 2.05) is 0 Å².